The van der Waals surface area contributed by atoms with Gasteiger partial charge in [0.05, 0.1) is 18.6 Å². The Hall–Kier alpha value is -1.39. The van der Waals surface area contributed by atoms with Crippen LogP contribution in [-0.4, -0.2) is 16.1 Å². The molecule has 0 unspecified atom stereocenters. The summed E-state index contributed by atoms with van der Waals surface area (Å²) in [6.07, 6.45) is 4.24. The molecule has 0 saturated heterocycles. The zero-order valence-electron chi connectivity index (χ0n) is 9.24. The van der Waals surface area contributed by atoms with Crippen molar-refractivity contribution in [1.82, 2.24) is 9.55 Å². The third kappa shape index (κ3) is 2.84. The van der Waals surface area contributed by atoms with Crippen molar-refractivity contribution >= 4 is 11.6 Å². The zero-order chi connectivity index (χ0) is 12.3. The van der Waals surface area contributed by atoms with Crippen LogP contribution >= 0.6 is 11.6 Å². The van der Waals surface area contributed by atoms with Crippen LogP contribution in [0.3, 0.4) is 0 Å². The third-order valence-corrected chi connectivity index (χ3v) is 2.84. The number of hydrogen-bond donors (Lipinski definition) is 1. The summed E-state index contributed by atoms with van der Waals surface area (Å²) in [4.78, 5) is 4.18. The van der Waals surface area contributed by atoms with Crippen LogP contribution in [0.15, 0.2) is 30.7 Å². The first kappa shape index (κ1) is 12.1. The van der Waals surface area contributed by atoms with E-state index in [4.69, 9.17) is 17.3 Å². The average Bonchev–Trinajstić information content (AvgIpc) is 2.72. The maximum atomic E-state index is 13.6. The largest absolute Gasteiger partial charge is 0.333 e. The van der Waals surface area contributed by atoms with Crippen LogP contribution in [0.5, 0.6) is 0 Å². The predicted molar refractivity (Wildman–Crippen MR) is 65.5 cm³/mol. The Labute approximate surface area is 104 Å². The molecule has 0 amide bonds. The van der Waals surface area contributed by atoms with Gasteiger partial charge in [0, 0.05) is 23.2 Å². The molecule has 5 heteroatoms. The fourth-order valence-corrected chi connectivity index (χ4v) is 1.86. The van der Waals surface area contributed by atoms with Gasteiger partial charge in [-0.15, -0.1) is 0 Å². The van der Waals surface area contributed by atoms with Crippen molar-refractivity contribution in [2.45, 2.75) is 13.0 Å². The van der Waals surface area contributed by atoms with E-state index < -0.39 is 0 Å². The molecule has 1 heterocycles. The Balaban J connectivity index is 2.19. The summed E-state index contributed by atoms with van der Waals surface area (Å²) in [5.41, 5.74) is 6.82. The first-order valence-electron chi connectivity index (χ1n) is 5.34. The molecular formula is C12H13ClFN3. The minimum Gasteiger partial charge on any atom is -0.333 e. The predicted octanol–water partition coefficient (Wildman–Crippen LogP) is 2.23. The van der Waals surface area contributed by atoms with Crippen molar-refractivity contribution in [3.05, 3.63) is 52.8 Å². The highest BCUT2D eigenvalue weighted by atomic mass is 35.5. The molecule has 0 radical (unpaired) electrons. The van der Waals surface area contributed by atoms with E-state index in [-0.39, 0.29) is 5.82 Å². The van der Waals surface area contributed by atoms with Crippen LogP contribution in [0.2, 0.25) is 5.02 Å². The van der Waals surface area contributed by atoms with Gasteiger partial charge in [-0.05, 0) is 18.7 Å². The third-order valence-electron chi connectivity index (χ3n) is 2.49. The molecule has 2 rings (SSSR count). The fourth-order valence-electron chi connectivity index (χ4n) is 1.64. The Morgan fingerprint density at radius 1 is 1.41 bits per heavy atom. The normalized spacial score (nSPS) is 10.8. The van der Waals surface area contributed by atoms with Gasteiger partial charge in [-0.2, -0.15) is 0 Å². The number of rotatable bonds is 4. The Kier molecular flexibility index (Phi) is 3.76. The molecule has 3 nitrogen and oxygen atoms in total. The van der Waals surface area contributed by atoms with Gasteiger partial charge in [-0.25, -0.2) is 9.37 Å². The summed E-state index contributed by atoms with van der Waals surface area (Å²) in [6.45, 7) is 0.931. The van der Waals surface area contributed by atoms with Gasteiger partial charge in [0.15, 0.2) is 0 Å². The lowest BCUT2D eigenvalue weighted by Crippen LogP contribution is -2.03. The summed E-state index contributed by atoms with van der Waals surface area (Å²) in [5.74, 6) is -0.299. The van der Waals surface area contributed by atoms with Crippen LogP contribution in [0.4, 0.5) is 4.39 Å². The minimum absolute atomic E-state index is 0.299. The number of benzene rings is 1. The quantitative estimate of drug-likeness (QED) is 0.908. The summed E-state index contributed by atoms with van der Waals surface area (Å²) in [5, 5.41) is 0.430. The summed E-state index contributed by atoms with van der Waals surface area (Å²) in [7, 11) is 0. The lowest BCUT2D eigenvalue weighted by atomic mass is 10.2. The van der Waals surface area contributed by atoms with E-state index >= 15 is 0 Å². The molecule has 0 fully saturated rings. The molecule has 0 aliphatic carbocycles. The first-order chi connectivity index (χ1) is 8.20. The molecule has 0 aliphatic heterocycles. The number of hydrogen-bond acceptors (Lipinski definition) is 2. The van der Waals surface area contributed by atoms with Crippen molar-refractivity contribution in [1.29, 1.82) is 0 Å². The van der Waals surface area contributed by atoms with Gasteiger partial charge in [-0.3, -0.25) is 0 Å². The van der Waals surface area contributed by atoms with E-state index in [9.17, 15) is 4.39 Å². The number of imidazole rings is 1. The zero-order valence-corrected chi connectivity index (χ0v) is 9.99. The van der Waals surface area contributed by atoms with Crippen molar-refractivity contribution in [2.24, 2.45) is 5.73 Å². The molecule has 17 heavy (non-hydrogen) atoms. The van der Waals surface area contributed by atoms with Crippen molar-refractivity contribution in [3.8, 4) is 0 Å². The maximum Gasteiger partial charge on any atom is 0.129 e. The molecular weight excluding hydrogens is 241 g/mol. The van der Waals surface area contributed by atoms with Crippen molar-refractivity contribution in [2.75, 3.05) is 6.54 Å². The number of nitrogens with zero attached hydrogens (tertiary/aromatic N) is 2. The van der Waals surface area contributed by atoms with Crippen molar-refractivity contribution < 1.29 is 4.39 Å². The molecule has 0 atom stereocenters. The highest BCUT2D eigenvalue weighted by Gasteiger charge is 2.07. The lowest BCUT2D eigenvalue weighted by molar-refractivity contribution is 0.599. The highest BCUT2D eigenvalue weighted by molar-refractivity contribution is 6.31. The molecule has 90 valence electrons. The highest BCUT2D eigenvalue weighted by Crippen LogP contribution is 2.20. The molecule has 1 aromatic carbocycles. The van der Waals surface area contributed by atoms with Crippen LogP contribution in [-0.2, 0) is 13.0 Å². The fraction of sp³-hybridized carbons (Fsp3) is 0.250. The van der Waals surface area contributed by atoms with E-state index in [1.54, 1.807) is 23.0 Å². The van der Waals surface area contributed by atoms with Crippen LogP contribution in [0, 0.1) is 5.82 Å². The molecule has 0 saturated carbocycles. The molecule has 0 bridgehead atoms. The van der Waals surface area contributed by atoms with E-state index in [1.165, 1.54) is 6.07 Å². The monoisotopic (exact) mass is 253 g/mol. The van der Waals surface area contributed by atoms with E-state index in [2.05, 4.69) is 4.98 Å². The molecule has 0 aliphatic rings. The molecule has 2 N–H and O–H groups in total. The Morgan fingerprint density at radius 3 is 2.94 bits per heavy atom. The summed E-state index contributed by atoms with van der Waals surface area (Å²) >= 11 is 5.95. The second-order valence-electron chi connectivity index (χ2n) is 3.78. The first-order valence-corrected chi connectivity index (χ1v) is 5.72. The van der Waals surface area contributed by atoms with E-state index in [0.29, 0.717) is 23.7 Å². The number of aromatic nitrogens is 2. The molecule has 2 aromatic rings. The summed E-state index contributed by atoms with van der Waals surface area (Å²) in [6, 6.07) is 4.67. The van der Waals surface area contributed by atoms with Gasteiger partial charge >= 0.3 is 0 Å². The topological polar surface area (TPSA) is 43.8 Å². The maximum absolute atomic E-state index is 13.6. The van der Waals surface area contributed by atoms with Crippen LogP contribution in [0.1, 0.15) is 11.3 Å². The number of halogens is 2. The van der Waals surface area contributed by atoms with Gasteiger partial charge < -0.3 is 10.3 Å². The molecule has 1 aromatic heterocycles. The minimum atomic E-state index is -0.299. The van der Waals surface area contributed by atoms with Gasteiger partial charge in [0.2, 0.25) is 0 Å². The van der Waals surface area contributed by atoms with Gasteiger partial charge in [0.1, 0.15) is 5.82 Å². The van der Waals surface area contributed by atoms with Gasteiger partial charge in [0.25, 0.3) is 0 Å². The Morgan fingerprint density at radius 2 is 2.24 bits per heavy atom. The second-order valence-corrected chi connectivity index (χ2v) is 4.18. The molecule has 0 spiro atoms. The van der Waals surface area contributed by atoms with Crippen LogP contribution in [0.25, 0.3) is 0 Å². The van der Waals surface area contributed by atoms with E-state index in [1.807, 2.05) is 6.20 Å². The Bertz CT molecular complexity index is 490. The number of nitrogens with two attached hydrogens (primary N) is 1. The second kappa shape index (κ2) is 5.29. The summed E-state index contributed by atoms with van der Waals surface area (Å²) < 4.78 is 15.4. The lowest BCUT2D eigenvalue weighted by Gasteiger charge is -2.06. The smallest absolute Gasteiger partial charge is 0.129 e. The van der Waals surface area contributed by atoms with Crippen LogP contribution < -0.4 is 5.73 Å². The van der Waals surface area contributed by atoms with Crippen molar-refractivity contribution in [3.63, 3.8) is 0 Å². The van der Waals surface area contributed by atoms with Gasteiger partial charge in [-0.1, -0.05) is 17.7 Å². The SMILES string of the molecule is NCCc1cn(Cc2c(F)cccc2Cl)cn1. The average molecular weight is 254 g/mol. The van der Waals surface area contributed by atoms with E-state index in [0.717, 1.165) is 12.1 Å². The standard InChI is InChI=1S/C12H13ClFN3/c13-11-2-1-3-12(14)10(11)7-17-6-9(4-5-15)16-8-17/h1-3,6,8H,4-5,7,15H2.